The van der Waals surface area contributed by atoms with Gasteiger partial charge in [0.2, 0.25) is 5.91 Å². The molecule has 2 N–H and O–H groups in total. The van der Waals surface area contributed by atoms with Crippen LogP contribution in [0.3, 0.4) is 0 Å². The lowest BCUT2D eigenvalue weighted by Crippen LogP contribution is -2.21. The van der Waals surface area contributed by atoms with Crippen molar-refractivity contribution in [3.05, 3.63) is 82.8 Å². The molecule has 0 fully saturated rings. The van der Waals surface area contributed by atoms with E-state index < -0.39 is 0 Å². The summed E-state index contributed by atoms with van der Waals surface area (Å²) in [7, 11) is 0. The first-order chi connectivity index (χ1) is 13.1. The van der Waals surface area contributed by atoms with E-state index in [9.17, 15) is 9.59 Å². The molecule has 1 amide bonds. The zero-order chi connectivity index (χ0) is 18.8. The molecule has 134 valence electrons. The van der Waals surface area contributed by atoms with Crippen molar-refractivity contribution in [2.45, 2.75) is 13.5 Å². The summed E-state index contributed by atoms with van der Waals surface area (Å²) in [6.07, 6.45) is 3.33. The fourth-order valence-electron chi connectivity index (χ4n) is 3.12. The fraction of sp³-hybridized carbons (Fsp3) is 0.0952. The molecule has 0 aliphatic heterocycles. The maximum absolute atomic E-state index is 13.0. The minimum absolute atomic E-state index is 0.0403. The number of hydrogen-bond donors (Lipinski definition) is 2. The Bertz CT molecular complexity index is 1160. The number of benzene rings is 2. The van der Waals surface area contributed by atoms with Crippen LogP contribution in [0.25, 0.3) is 22.0 Å². The van der Waals surface area contributed by atoms with E-state index in [1.165, 1.54) is 0 Å². The predicted octanol–water partition coefficient (Wildman–Crippen LogP) is 3.34. The lowest BCUT2D eigenvalue weighted by molar-refractivity contribution is -0.116. The minimum Gasteiger partial charge on any atom is -0.337 e. The van der Waals surface area contributed by atoms with Crippen molar-refractivity contribution in [3.63, 3.8) is 0 Å². The predicted molar refractivity (Wildman–Crippen MR) is 106 cm³/mol. The molecule has 0 unspecified atom stereocenters. The highest BCUT2D eigenvalue weighted by molar-refractivity contribution is 5.91. The van der Waals surface area contributed by atoms with E-state index in [4.69, 9.17) is 0 Å². The first kappa shape index (κ1) is 16.8. The lowest BCUT2D eigenvalue weighted by Gasteiger charge is -2.14. The highest BCUT2D eigenvalue weighted by atomic mass is 16.2. The van der Waals surface area contributed by atoms with Gasteiger partial charge in [0, 0.05) is 23.2 Å². The van der Waals surface area contributed by atoms with Crippen molar-refractivity contribution in [1.29, 1.82) is 0 Å². The number of rotatable bonds is 4. The van der Waals surface area contributed by atoms with Crippen molar-refractivity contribution < 1.29 is 4.79 Å². The molecule has 0 saturated heterocycles. The number of amides is 1. The molecule has 0 aliphatic rings. The van der Waals surface area contributed by atoms with Gasteiger partial charge in [-0.2, -0.15) is 5.10 Å². The van der Waals surface area contributed by atoms with Crippen molar-refractivity contribution in [1.82, 2.24) is 14.8 Å². The molecule has 27 heavy (non-hydrogen) atoms. The van der Waals surface area contributed by atoms with Crippen LogP contribution in [0.2, 0.25) is 0 Å². The van der Waals surface area contributed by atoms with Crippen LogP contribution in [-0.2, 0) is 11.3 Å². The van der Waals surface area contributed by atoms with Crippen LogP contribution in [-0.4, -0.2) is 20.7 Å². The molecule has 0 spiro atoms. The van der Waals surface area contributed by atoms with Crippen molar-refractivity contribution >= 4 is 22.6 Å². The number of nitrogens with one attached hydrogen (secondary N) is 2. The number of anilines is 1. The summed E-state index contributed by atoms with van der Waals surface area (Å²) in [6, 6.07) is 16.8. The third-order valence-corrected chi connectivity index (χ3v) is 4.41. The highest BCUT2D eigenvalue weighted by Gasteiger charge is 2.13. The van der Waals surface area contributed by atoms with Gasteiger partial charge in [-0.25, -0.2) is 0 Å². The van der Waals surface area contributed by atoms with Gasteiger partial charge in [0.05, 0.1) is 11.7 Å². The van der Waals surface area contributed by atoms with Crippen LogP contribution < -0.4 is 10.7 Å². The molecular weight excluding hydrogens is 340 g/mol. The number of fused-ring (bicyclic) bond motifs is 1. The zero-order valence-electron chi connectivity index (χ0n) is 14.8. The van der Waals surface area contributed by atoms with Gasteiger partial charge in [-0.05, 0) is 30.2 Å². The average Bonchev–Trinajstić information content (AvgIpc) is 3.17. The van der Waals surface area contributed by atoms with Crippen molar-refractivity contribution in [2.24, 2.45) is 0 Å². The molecule has 6 heteroatoms. The maximum Gasteiger partial charge on any atom is 0.245 e. The number of nitrogens with zero attached hydrogens (tertiary/aromatic N) is 2. The molecule has 2 aromatic carbocycles. The summed E-state index contributed by atoms with van der Waals surface area (Å²) in [5, 5.41) is 9.89. The lowest BCUT2D eigenvalue weighted by atomic mass is 10.0. The Hall–Kier alpha value is -3.67. The molecule has 6 nitrogen and oxygen atoms in total. The Labute approximate surface area is 155 Å². The standard InChI is InChI=1S/C21H18N4O2/c1-14-7-8-16-18(11-14)25(13-20(26)23-19-9-10-22-24-19)12-17(21(16)27)15-5-3-2-4-6-15/h2-12H,13H2,1H3,(H2,22,23,24,26). The molecule has 0 saturated carbocycles. The molecule has 0 aliphatic carbocycles. The Morgan fingerprint density at radius 2 is 1.96 bits per heavy atom. The monoisotopic (exact) mass is 358 g/mol. The smallest absolute Gasteiger partial charge is 0.245 e. The first-order valence-electron chi connectivity index (χ1n) is 8.60. The van der Waals surface area contributed by atoms with E-state index in [0.717, 1.165) is 16.6 Å². The quantitative estimate of drug-likeness (QED) is 0.587. The second-order valence-corrected chi connectivity index (χ2v) is 6.40. The summed E-state index contributed by atoms with van der Waals surface area (Å²) in [6.45, 7) is 2.04. The second-order valence-electron chi connectivity index (χ2n) is 6.40. The molecule has 0 atom stereocenters. The number of carbonyl (C=O) groups is 1. The summed E-state index contributed by atoms with van der Waals surface area (Å²) < 4.78 is 1.82. The van der Waals surface area contributed by atoms with Crippen molar-refractivity contribution in [3.8, 4) is 11.1 Å². The molecule has 0 bridgehead atoms. The molecule has 2 aromatic heterocycles. The molecule has 4 rings (SSSR count). The number of H-pyrrole nitrogens is 1. The Balaban J connectivity index is 1.82. The van der Waals surface area contributed by atoms with Gasteiger partial charge < -0.3 is 9.88 Å². The van der Waals surface area contributed by atoms with Gasteiger partial charge in [0.15, 0.2) is 5.43 Å². The number of pyridine rings is 1. The normalized spacial score (nSPS) is 10.9. The number of hydrogen-bond acceptors (Lipinski definition) is 3. The van der Waals surface area contributed by atoms with Crippen LogP contribution >= 0.6 is 0 Å². The third kappa shape index (κ3) is 3.37. The van der Waals surface area contributed by atoms with Gasteiger partial charge in [-0.1, -0.05) is 36.4 Å². The summed E-state index contributed by atoms with van der Waals surface area (Å²) in [5.41, 5.74) is 3.12. The molecule has 2 heterocycles. The van der Waals surface area contributed by atoms with Gasteiger partial charge in [0.25, 0.3) is 0 Å². The second kappa shape index (κ2) is 6.92. The van der Waals surface area contributed by atoms with Crippen LogP contribution in [0, 0.1) is 6.92 Å². The van der Waals surface area contributed by atoms with Crippen LogP contribution in [0.5, 0.6) is 0 Å². The molecular formula is C21H18N4O2. The first-order valence-corrected chi connectivity index (χ1v) is 8.60. The van der Waals surface area contributed by atoms with Crippen LogP contribution in [0.15, 0.2) is 71.8 Å². The largest absolute Gasteiger partial charge is 0.337 e. The summed E-state index contributed by atoms with van der Waals surface area (Å²) in [4.78, 5) is 25.5. The van der Waals surface area contributed by atoms with Gasteiger partial charge in [-0.15, -0.1) is 0 Å². The summed E-state index contributed by atoms with van der Waals surface area (Å²) >= 11 is 0. The zero-order valence-corrected chi connectivity index (χ0v) is 14.8. The van der Waals surface area contributed by atoms with Gasteiger partial charge in [0.1, 0.15) is 12.4 Å². The van der Waals surface area contributed by atoms with E-state index in [1.54, 1.807) is 18.5 Å². The number of carbonyl (C=O) groups excluding carboxylic acids is 1. The fourth-order valence-corrected chi connectivity index (χ4v) is 3.12. The number of aryl methyl sites for hydroxylation is 1. The summed E-state index contributed by atoms with van der Waals surface area (Å²) in [5.74, 6) is 0.328. The Kier molecular flexibility index (Phi) is 4.30. The van der Waals surface area contributed by atoms with Gasteiger partial charge in [-0.3, -0.25) is 14.7 Å². The van der Waals surface area contributed by atoms with Gasteiger partial charge >= 0.3 is 0 Å². The van der Waals surface area contributed by atoms with E-state index in [0.29, 0.717) is 16.8 Å². The number of aromatic amines is 1. The Morgan fingerprint density at radius 3 is 2.70 bits per heavy atom. The van der Waals surface area contributed by atoms with E-state index in [-0.39, 0.29) is 17.9 Å². The number of aromatic nitrogens is 3. The average molecular weight is 358 g/mol. The Morgan fingerprint density at radius 1 is 1.15 bits per heavy atom. The van der Waals surface area contributed by atoms with Crippen molar-refractivity contribution in [2.75, 3.05) is 5.32 Å². The SMILES string of the molecule is Cc1ccc2c(=O)c(-c3ccccc3)cn(CC(=O)Nc3ccn[nH]3)c2c1. The maximum atomic E-state index is 13.0. The highest BCUT2D eigenvalue weighted by Crippen LogP contribution is 2.21. The third-order valence-electron chi connectivity index (χ3n) is 4.41. The molecule has 4 aromatic rings. The van der Waals surface area contributed by atoms with E-state index in [1.807, 2.05) is 60.0 Å². The molecule has 0 radical (unpaired) electrons. The van der Waals surface area contributed by atoms with E-state index in [2.05, 4.69) is 15.5 Å². The van der Waals surface area contributed by atoms with E-state index >= 15 is 0 Å². The van der Waals surface area contributed by atoms with Crippen LogP contribution in [0.4, 0.5) is 5.82 Å². The van der Waals surface area contributed by atoms with Crippen LogP contribution in [0.1, 0.15) is 5.56 Å². The minimum atomic E-state index is -0.204. The topological polar surface area (TPSA) is 79.8 Å².